The van der Waals surface area contributed by atoms with Crippen molar-refractivity contribution < 1.29 is 24.5 Å². The van der Waals surface area contributed by atoms with Crippen LogP contribution in [0.25, 0.3) is 0 Å². The summed E-state index contributed by atoms with van der Waals surface area (Å²) in [5.41, 5.74) is -1.02. The Bertz CT molecular complexity index is 683. The van der Waals surface area contributed by atoms with Crippen LogP contribution in [0.2, 0.25) is 0 Å². The largest absolute Gasteiger partial charge is 0.394 e. The molecule has 4 atom stereocenters. The highest BCUT2D eigenvalue weighted by Crippen LogP contribution is 2.30. The summed E-state index contributed by atoms with van der Waals surface area (Å²) in [5, 5.41) is 21.8. The third-order valence-corrected chi connectivity index (χ3v) is 3.60. The Balaban J connectivity index is 2.33. The molecule has 0 aliphatic carbocycles. The van der Waals surface area contributed by atoms with Gasteiger partial charge in [0.15, 0.2) is 6.23 Å². The Labute approximate surface area is 130 Å². The van der Waals surface area contributed by atoms with Gasteiger partial charge in [-0.05, 0) is 6.92 Å². The summed E-state index contributed by atoms with van der Waals surface area (Å²) in [7, 11) is 1.43. The summed E-state index contributed by atoms with van der Waals surface area (Å²) >= 11 is 0. The third kappa shape index (κ3) is 3.50. The summed E-state index contributed by atoms with van der Waals surface area (Å²) in [4.78, 5) is 36.8. The molecule has 0 unspecified atom stereocenters. The number of aliphatic hydroxyl groups excluding tert-OH is 2. The van der Waals surface area contributed by atoms with Gasteiger partial charge in [-0.15, -0.1) is 0 Å². The van der Waals surface area contributed by atoms with Crippen molar-refractivity contribution in [3.63, 3.8) is 0 Å². The van der Waals surface area contributed by atoms with Crippen LogP contribution < -0.4 is 16.6 Å². The maximum absolute atomic E-state index is 12.0. The Morgan fingerprint density at radius 3 is 2.83 bits per heavy atom. The molecule has 4 N–H and O–H groups in total. The van der Waals surface area contributed by atoms with E-state index in [-0.39, 0.29) is 12.2 Å². The quantitative estimate of drug-likeness (QED) is 0.458. The number of hydrogen-bond acceptors (Lipinski definition) is 7. The number of carbonyl (C=O) groups excluding carboxylic acids is 1. The molecule has 10 nitrogen and oxygen atoms in total. The lowest BCUT2D eigenvalue weighted by Crippen LogP contribution is -2.41. The van der Waals surface area contributed by atoms with E-state index in [4.69, 9.17) is 9.47 Å². The van der Waals surface area contributed by atoms with Gasteiger partial charge in [0.2, 0.25) is 5.91 Å². The van der Waals surface area contributed by atoms with E-state index in [1.807, 2.05) is 0 Å². The maximum Gasteiger partial charge on any atom is 0.330 e. The van der Waals surface area contributed by atoms with Gasteiger partial charge in [0.05, 0.1) is 6.61 Å². The molecule has 1 fully saturated rings. The number of ether oxygens (including phenoxy) is 2. The van der Waals surface area contributed by atoms with Crippen LogP contribution in [-0.2, 0) is 14.3 Å². The highest BCUT2D eigenvalue weighted by molar-refractivity contribution is 5.76. The molecule has 1 saturated heterocycles. The lowest BCUT2D eigenvalue weighted by Gasteiger charge is -2.22. The molecule has 10 heteroatoms. The topological polar surface area (TPSA) is 143 Å². The fraction of sp³-hybridized carbons (Fsp3) is 0.615. The molecule has 1 aromatic heterocycles. The number of carbonyl (C=O) groups is 1. The molecule has 2 rings (SSSR count). The van der Waals surface area contributed by atoms with Crippen molar-refractivity contribution in [2.24, 2.45) is 0 Å². The predicted molar refractivity (Wildman–Crippen MR) is 76.9 cm³/mol. The summed E-state index contributed by atoms with van der Waals surface area (Å²) < 4.78 is 11.8. The zero-order valence-corrected chi connectivity index (χ0v) is 12.7. The first kappa shape index (κ1) is 17.3. The molecule has 128 valence electrons. The first-order valence-corrected chi connectivity index (χ1v) is 6.97. The van der Waals surface area contributed by atoms with Gasteiger partial charge in [-0.2, -0.15) is 0 Å². The average molecular weight is 329 g/mol. The second-order valence-electron chi connectivity index (χ2n) is 5.17. The average Bonchev–Trinajstić information content (AvgIpc) is 2.84. The fourth-order valence-corrected chi connectivity index (χ4v) is 2.29. The van der Waals surface area contributed by atoms with Gasteiger partial charge in [0.1, 0.15) is 24.9 Å². The standard InChI is InChI=1S/C13H19N3O7/c1-6-3-16(13(21)15-11(6)20)12-10(22-5-8(18)14-2)9(19)7(4-17)23-12/h3,7,9-10,12,17,19H,4-5H2,1-2H3,(H,14,18)(H,15,20,21)/t7-,9-,10-,12-/m1/s1. The number of nitrogens with one attached hydrogen (secondary N) is 2. The molecule has 2 heterocycles. The number of H-pyrrole nitrogens is 1. The molecule has 1 aromatic rings. The van der Waals surface area contributed by atoms with Crippen LogP contribution >= 0.6 is 0 Å². The van der Waals surface area contributed by atoms with E-state index in [1.54, 1.807) is 0 Å². The van der Waals surface area contributed by atoms with Crippen molar-refractivity contribution >= 4 is 5.91 Å². The molecular weight excluding hydrogens is 310 g/mol. The number of aryl methyl sites for hydroxylation is 1. The molecule has 23 heavy (non-hydrogen) atoms. The summed E-state index contributed by atoms with van der Waals surface area (Å²) in [6.45, 7) is 0.659. The van der Waals surface area contributed by atoms with Crippen molar-refractivity contribution in [3.8, 4) is 0 Å². The second-order valence-corrected chi connectivity index (χ2v) is 5.17. The third-order valence-electron chi connectivity index (χ3n) is 3.60. The van der Waals surface area contributed by atoms with Gasteiger partial charge in [-0.25, -0.2) is 4.79 Å². The molecule has 0 radical (unpaired) electrons. The number of aromatic amines is 1. The van der Waals surface area contributed by atoms with Crippen LogP contribution in [0.3, 0.4) is 0 Å². The lowest BCUT2D eigenvalue weighted by atomic mass is 10.1. The molecule has 1 amide bonds. The number of aromatic nitrogens is 2. The fourth-order valence-electron chi connectivity index (χ4n) is 2.29. The van der Waals surface area contributed by atoms with Crippen LogP contribution in [0.5, 0.6) is 0 Å². The number of hydrogen-bond donors (Lipinski definition) is 4. The normalized spacial score (nSPS) is 27.1. The number of amides is 1. The van der Waals surface area contributed by atoms with Crippen LogP contribution in [0.1, 0.15) is 11.8 Å². The lowest BCUT2D eigenvalue weighted by molar-refractivity contribution is -0.132. The van der Waals surface area contributed by atoms with Gasteiger partial charge in [0, 0.05) is 18.8 Å². The van der Waals surface area contributed by atoms with Gasteiger partial charge in [-0.1, -0.05) is 0 Å². The second kappa shape index (κ2) is 7.04. The number of rotatable bonds is 5. The Hall–Kier alpha value is -2.01. The number of likely N-dealkylation sites (N-methyl/N-ethyl adjacent to an activating group) is 1. The summed E-state index contributed by atoms with van der Waals surface area (Å²) in [6.07, 6.45) is -3.10. The van der Waals surface area contributed by atoms with Crippen molar-refractivity contribution in [2.45, 2.75) is 31.5 Å². The smallest absolute Gasteiger partial charge is 0.330 e. The molecule has 1 aliphatic heterocycles. The zero-order valence-electron chi connectivity index (χ0n) is 12.7. The van der Waals surface area contributed by atoms with Crippen molar-refractivity contribution in [1.82, 2.24) is 14.9 Å². The van der Waals surface area contributed by atoms with E-state index in [2.05, 4.69) is 10.3 Å². The Morgan fingerprint density at radius 1 is 1.52 bits per heavy atom. The Morgan fingerprint density at radius 2 is 2.22 bits per heavy atom. The molecule has 0 aromatic carbocycles. The maximum atomic E-state index is 12.0. The molecule has 0 saturated carbocycles. The van der Waals surface area contributed by atoms with Gasteiger partial charge >= 0.3 is 5.69 Å². The Kier molecular flexibility index (Phi) is 5.31. The summed E-state index contributed by atoms with van der Waals surface area (Å²) in [6, 6.07) is 0. The molecule has 0 spiro atoms. The minimum Gasteiger partial charge on any atom is -0.394 e. The SMILES string of the molecule is CNC(=O)CO[C@@H]1[C@H](O)[C@@H](CO)O[C@H]1n1cc(C)c(=O)[nH]c1=O. The van der Waals surface area contributed by atoms with E-state index < -0.39 is 48.3 Å². The van der Waals surface area contributed by atoms with Gasteiger partial charge in [0.25, 0.3) is 5.56 Å². The predicted octanol–water partition coefficient (Wildman–Crippen LogP) is -2.77. The van der Waals surface area contributed by atoms with Gasteiger partial charge < -0.3 is 25.0 Å². The first-order chi connectivity index (χ1) is 10.9. The first-order valence-electron chi connectivity index (χ1n) is 6.97. The molecule has 1 aliphatic rings. The van der Waals surface area contributed by atoms with Crippen molar-refractivity contribution in [2.75, 3.05) is 20.3 Å². The number of nitrogens with zero attached hydrogens (tertiary/aromatic N) is 1. The van der Waals surface area contributed by atoms with Gasteiger partial charge in [-0.3, -0.25) is 19.1 Å². The van der Waals surface area contributed by atoms with Crippen LogP contribution in [-0.4, -0.2) is 64.2 Å². The monoisotopic (exact) mass is 329 g/mol. The summed E-state index contributed by atoms with van der Waals surface area (Å²) in [5.74, 6) is -0.423. The van der Waals surface area contributed by atoms with Crippen LogP contribution in [0.15, 0.2) is 15.8 Å². The van der Waals surface area contributed by atoms with Crippen molar-refractivity contribution in [1.29, 1.82) is 0 Å². The number of aliphatic hydroxyl groups is 2. The minimum absolute atomic E-state index is 0.264. The van der Waals surface area contributed by atoms with E-state index >= 15 is 0 Å². The molecule has 0 bridgehead atoms. The van der Waals surface area contributed by atoms with Crippen molar-refractivity contribution in [3.05, 3.63) is 32.6 Å². The van der Waals surface area contributed by atoms with Crippen LogP contribution in [0, 0.1) is 6.92 Å². The minimum atomic E-state index is -1.24. The van der Waals surface area contributed by atoms with E-state index in [0.717, 1.165) is 4.57 Å². The zero-order chi connectivity index (χ0) is 17.1. The van der Waals surface area contributed by atoms with E-state index in [1.165, 1.54) is 20.2 Å². The van der Waals surface area contributed by atoms with Crippen LogP contribution in [0.4, 0.5) is 0 Å². The highest BCUT2D eigenvalue weighted by Gasteiger charge is 2.46. The highest BCUT2D eigenvalue weighted by atomic mass is 16.6. The van der Waals surface area contributed by atoms with E-state index in [9.17, 15) is 24.6 Å². The van der Waals surface area contributed by atoms with E-state index in [0.29, 0.717) is 0 Å². The molecular formula is C13H19N3O7.